The predicted octanol–water partition coefficient (Wildman–Crippen LogP) is 5.24. The van der Waals surface area contributed by atoms with Gasteiger partial charge in [-0.1, -0.05) is 30.3 Å². The summed E-state index contributed by atoms with van der Waals surface area (Å²) in [5, 5.41) is -0.272. The van der Waals surface area contributed by atoms with Gasteiger partial charge in [0.05, 0.1) is 5.52 Å². The van der Waals surface area contributed by atoms with Gasteiger partial charge in [-0.3, -0.25) is 0 Å². The number of H-pyrrole nitrogens is 1. The summed E-state index contributed by atoms with van der Waals surface area (Å²) >= 11 is 0. The number of nitrogens with zero attached hydrogens (tertiary/aromatic N) is 1. The molecule has 0 unspecified atom stereocenters. The highest BCUT2D eigenvalue weighted by atomic mass is 19.2. The molecule has 2 heterocycles. The third-order valence-corrected chi connectivity index (χ3v) is 5.33. The average molecular weight is 406 g/mol. The smallest absolute Gasteiger partial charge is 0.410 e. The number of hydrogen-bond acceptors (Lipinski definition) is 2. The van der Waals surface area contributed by atoms with Crippen LogP contribution in [-0.4, -0.2) is 29.1 Å². The standard InChI is InChI=1S/C21H18F4N2O2/c22-16-15-14(10-26-20(15)19(25)18(24)17(16)23)13-6-8-27(9-7-13)21(28)29-11-12-4-2-1-3-5-12/h1-5,10,13,26H,6-9,11H2. The van der Waals surface area contributed by atoms with Gasteiger partial charge in [0.25, 0.3) is 0 Å². The lowest BCUT2D eigenvalue weighted by Gasteiger charge is -2.31. The Hall–Kier alpha value is -3.03. The first-order valence-electron chi connectivity index (χ1n) is 9.26. The van der Waals surface area contributed by atoms with Gasteiger partial charge in [0, 0.05) is 24.7 Å². The summed E-state index contributed by atoms with van der Waals surface area (Å²) in [6.45, 7) is 0.884. The summed E-state index contributed by atoms with van der Waals surface area (Å²) in [6.07, 6.45) is 1.86. The van der Waals surface area contributed by atoms with Gasteiger partial charge in [-0.25, -0.2) is 22.4 Å². The Morgan fingerprint density at radius 3 is 2.34 bits per heavy atom. The van der Waals surface area contributed by atoms with Gasteiger partial charge in [0.2, 0.25) is 0 Å². The number of ether oxygens (including phenoxy) is 1. The van der Waals surface area contributed by atoms with E-state index in [-0.39, 0.29) is 23.4 Å². The quantitative estimate of drug-likeness (QED) is 0.367. The fraction of sp³-hybridized carbons (Fsp3) is 0.286. The van der Waals surface area contributed by atoms with Crippen LogP contribution in [0.4, 0.5) is 22.4 Å². The first-order chi connectivity index (χ1) is 14.0. The Balaban J connectivity index is 1.44. The van der Waals surface area contributed by atoms with Gasteiger partial charge in [0.1, 0.15) is 6.61 Å². The van der Waals surface area contributed by atoms with E-state index in [0.717, 1.165) is 5.56 Å². The first-order valence-corrected chi connectivity index (χ1v) is 9.26. The molecular weight excluding hydrogens is 388 g/mol. The Morgan fingerprint density at radius 2 is 1.66 bits per heavy atom. The van der Waals surface area contributed by atoms with Crippen molar-refractivity contribution < 1.29 is 27.1 Å². The number of nitrogens with one attached hydrogen (secondary N) is 1. The van der Waals surface area contributed by atoms with Crippen molar-refractivity contribution in [2.75, 3.05) is 13.1 Å². The van der Waals surface area contributed by atoms with Gasteiger partial charge in [-0.2, -0.15) is 0 Å². The van der Waals surface area contributed by atoms with Crippen molar-refractivity contribution in [3.63, 3.8) is 0 Å². The van der Waals surface area contributed by atoms with E-state index in [0.29, 0.717) is 31.5 Å². The van der Waals surface area contributed by atoms with Crippen molar-refractivity contribution in [3.8, 4) is 0 Å². The molecule has 0 aliphatic carbocycles. The Kier molecular flexibility index (Phi) is 5.17. The zero-order valence-corrected chi connectivity index (χ0v) is 15.4. The number of carbonyl (C=O) groups is 1. The van der Waals surface area contributed by atoms with E-state index in [4.69, 9.17) is 4.74 Å². The van der Waals surface area contributed by atoms with Crippen LogP contribution >= 0.6 is 0 Å². The molecule has 4 nitrogen and oxygen atoms in total. The SMILES string of the molecule is O=C(OCc1ccccc1)N1CCC(c2c[nH]c3c(F)c(F)c(F)c(F)c23)CC1. The maximum Gasteiger partial charge on any atom is 0.410 e. The second kappa shape index (κ2) is 7.77. The number of benzene rings is 2. The van der Waals surface area contributed by atoms with Crippen molar-refractivity contribution in [2.24, 2.45) is 0 Å². The molecule has 1 amide bonds. The van der Waals surface area contributed by atoms with Crippen LogP contribution < -0.4 is 0 Å². The third-order valence-electron chi connectivity index (χ3n) is 5.33. The number of piperidine rings is 1. The molecular formula is C21H18F4N2O2. The minimum Gasteiger partial charge on any atom is -0.445 e. The van der Waals surface area contributed by atoms with E-state index in [9.17, 15) is 22.4 Å². The van der Waals surface area contributed by atoms with Crippen LogP contribution in [0.3, 0.4) is 0 Å². The lowest BCUT2D eigenvalue weighted by molar-refractivity contribution is 0.0871. The minimum atomic E-state index is -1.83. The van der Waals surface area contributed by atoms with E-state index in [1.165, 1.54) is 6.20 Å². The maximum absolute atomic E-state index is 14.3. The normalized spacial score (nSPS) is 15.1. The number of fused-ring (bicyclic) bond motifs is 1. The van der Waals surface area contributed by atoms with E-state index in [1.54, 1.807) is 4.90 Å². The van der Waals surface area contributed by atoms with Gasteiger partial charge in [0.15, 0.2) is 23.3 Å². The summed E-state index contributed by atoms with van der Waals surface area (Å²) in [7, 11) is 0. The van der Waals surface area contributed by atoms with Crippen LogP contribution in [0.25, 0.3) is 10.9 Å². The van der Waals surface area contributed by atoms with E-state index in [2.05, 4.69) is 4.98 Å². The Morgan fingerprint density at radius 1 is 1.00 bits per heavy atom. The molecule has 1 aromatic heterocycles. The highest BCUT2D eigenvalue weighted by Gasteiger charge is 2.30. The molecule has 1 aliphatic rings. The summed E-state index contributed by atoms with van der Waals surface area (Å²) in [6, 6.07) is 9.28. The van der Waals surface area contributed by atoms with Crippen molar-refractivity contribution in [1.29, 1.82) is 0 Å². The lowest BCUT2D eigenvalue weighted by atomic mass is 9.89. The second-order valence-electron chi connectivity index (χ2n) is 7.05. The molecule has 1 fully saturated rings. The second-order valence-corrected chi connectivity index (χ2v) is 7.05. The summed E-state index contributed by atoms with van der Waals surface area (Å²) in [5.41, 5.74) is 0.870. The molecule has 1 N–H and O–H groups in total. The highest BCUT2D eigenvalue weighted by molar-refractivity contribution is 5.85. The first kappa shape index (κ1) is 19.3. The van der Waals surface area contributed by atoms with Crippen molar-refractivity contribution in [3.05, 3.63) is 70.9 Å². The molecule has 0 atom stereocenters. The predicted molar refractivity (Wildman–Crippen MR) is 98.3 cm³/mol. The molecule has 1 saturated heterocycles. The number of aromatic amines is 1. The van der Waals surface area contributed by atoms with E-state index >= 15 is 0 Å². The lowest BCUT2D eigenvalue weighted by Crippen LogP contribution is -2.38. The number of rotatable bonds is 3. The highest BCUT2D eigenvalue weighted by Crippen LogP contribution is 2.37. The van der Waals surface area contributed by atoms with Crippen LogP contribution in [-0.2, 0) is 11.3 Å². The molecule has 152 valence electrons. The fourth-order valence-corrected chi connectivity index (χ4v) is 3.77. The summed E-state index contributed by atoms with van der Waals surface area (Å²) < 4.78 is 60.6. The molecule has 0 saturated carbocycles. The Labute approximate surface area is 164 Å². The number of aromatic nitrogens is 1. The molecule has 8 heteroatoms. The summed E-state index contributed by atoms with van der Waals surface area (Å²) in [4.78, 5) is 16.3. The van der Waals surface area contributed by atoms with Crippen molar-refractivity contribution >= 4 is 17.0 Å². The minimum absolute atomic E-state index is 0.164. The zero-order chi connectivity index (χ0) is 20.5. The molecule has 0 radical (unpaired) electrons. The average Bonchev–Trinajstić information content (AvgIpc) is 3.21. The molecule has 4 rings (SSSR count). The molecule has 29 heavy (non-hydrogen) atoms. The van der Waals surface area contributed by atoms with Crippen LogP contribution in [0.2, 0.25) is 0 Å². The topological polar surface area (TPSA) is 45.3 Å². The largest absolute Gasteiger partial charge is 0.445 e. The summed E-state index contributed by atoms with van der Waals surface area (Å²) in [5.74, 6) is -6.72. The molecule has 3 aromatic rings. The van der Waals surface area contributed by atoms with Gasteiger partial charge >= 0.3 is 6.09 Å². The maximum atomic E-state index is 14.3. The van der Waals surface area contributed by atoms with Crippen molar-refractivity contribution in [2.45, 2.75) is 25.4 Å². The van der Waals surface area contributed by atoms with E-state index in [1.807, 2.05) is 30.3 Å². The third kappa shape index (κ3) is 3.54. The zero-order valence-electron chi connectivity index (χ0n) is 15.4. The number of halogens is 4. The van der Waals surface area contributed by atoms with Crippen LogP contribution in [0, 0.1) is 23.3 Å². The number of amides is 1. The number of hydrogen-bond donors (Lipinski definition) is 1. The van der Waals surface area contributed by atoms with Gasteiger partial charge < -0.3 is 14.6 Å². The molecule has 0 spiro atoms. The van der Waals surface area contributed by atoms with Crippen LogP contribution in [0.15, 0.2) is 36.5 Å². The monoisotopic (exact) mass is 406 g/mol. The number of carbonyl (C=O) groups excluding carboxylic acids is 1. The van der Waals surface area contributed by atoms with Crippen molar-refractivity contribution in [1.82, 2.24) is 9.88 Å². The Bertz CT molecular complexity index is 1040. The van der Waals surface area contributed by atoms with Gasteiger partial charge in [-0.05, 0) is 29.9 Å². The number of likely N-dealkylation sites (tertiary alicyclic amines) is 1. The van der Waals surface area contributed by atoms with Gasteiger partial charge in [-0.15, -0.1) is 0 Å². The molecule has 2 aromatic carbocycles. The fourth-order valence-electron chi connectivity index (χ4n) is 3.77. The molecule has 1 aliphatic heterocycles. The van der Waals surface area contributed by atoms with Crippen LogP contribution in [0.5, 0.6) is 0 Å². The molecule has 0 bridgehead atoms. The van der Waals surface area contributed by atoms with Crippen LogP contribution in [0.1, 0.15) is 29.9 Å². The van der Waals surface area contributed by atoms with E-state index < -0.39 is 29.4 Å².